The molecular weight excluding hydrogens is 253 g/mol. The summed E-state index contributed by atoms with van der Waals surface area (Å²) in [6.45, 7) is 1.62. The first kappa shape index (κ1) is 12.6. The number of amides is 1. The molecule has 0 unspecified atom stereocenters. The minimum absolute atomic E-state index is 0.0324. The lowest BCUT2D eigenvalue weighted by Gasteiger charge is -2.07. The van der Waals surface area contributed by atoms with Gasteiger partial charge in [-0.2, -0.15) is 0 Å². The SMILES string of the molecule is Cc1cccc(C(=O)Nc2ccc(Cl)cc2)c1F. The van der Waals surface area contributed by atoms with Crippen molar-refractivity contribution in [3.05, 3.63) is 64.4 Å². The normalized spacial score (nSPS) is 10.2. The summed E-state index contributed by atoms with van der Waals surface area (Å²) in [5.74, 6) is -0.970. The number of nitrogens with one attached hydrogen (secondary N) is 1. The monoisotopic (exact) mass is 263 g/mol. The van der Waals surface area contributed by atoms with Crippen LogP contribution in [0, 0.1) is 12.7 Å². The largest absolute Gasteiger partial charge is 0.322 e. The first-order valence-corrected chi connectivity index (χ1v) is 5.78. The van der Waals surface area contributed by atoms with Crippen molar-refractivity contribution >= 4 is 23.2 Å². The van der Waals surface area contributed by atoms with E-state index in [2.05, 4.69) is 5.32 Å². The molecule has 0 radical (unpaired) electrons. The zero-order chi connectivity index (χ0) is 13.1. The van der Waals surface area contributed by atoms with Crippen molar-refractivity contribution in [3.63, 3.8) is 0 Å². The van der Waals surface area contributed by atoms with Gasteiger partial charge in [-0.15, -0.1) is 0 Å². The molecule has 92 valence electrons. The highest BCUT2D eigenvalue weighted by Crippen LogP contribution is 2.16. The molecule has 0 bridgehead atoms. The van der Waals surface area contributed by atoms with Crippen LogP contribution < -0.4 is 5.32 Å². The lowest BCUT2D eigenvalue weighted by Crippen LogP contribution is -2.14. The number of anilines is 1. The van der Waals surface area contributed by atoms with Gasteiger partial charge in [0.15, 0.2) is 0 Å². The zero-order valence-corrected chi connectivity index (χ0v) is 10.5. The molecule has 2 rings (SSSR count). The molecular formula is C14H11ClFNO. The Balaban J connectivity index is 2.22. The summed E-state index contributed by atoms with van der Waals surface area (Å²) in [5.41, 5.74) is 1.05. The van der Waals surface area contributed by atoms with Crippen molar-refractivity contribution in [2.45, 2.75) is 6.92 Å². The molecule has 0 fully saturated rings. The summed E-state index contributed by atoms with van der Waals surface area (Å²) >= 11 is 5.74. The van der Waals surface area contributed by atoms with Crippen LogP contribution in [-0.4, -0.2) is 5.91 Å². The van der Waals surface area contributed by atoms with Crippen molar-refractivity contribution < 1.29 is 9.18 Å². The van der Waals surface area contributed by atoms with Crippen LogP contribution in [0.15, 0.2) is 42.5 Å². The van der Waals surface area contributed by atoms with E-state index in [9.17, 15) is 9.18 Å². The standard InChI is InChI=1S/C14H11ClFNO/c1-9-3-2-4-12(13(9)16)14(18)17-11-7-5-10(15)6-8-11/h2-8H,1H3,(H,17,18). The van der Waals surface area contributed by atoms with E-state index in [-0.39, 0.29) is 5.56 Å². The second kappa shape index (κ2) is 5.19. The van der Waals surface area contributed by atoms with Gasteiger partial charge >= 0.3 is 0 Å². The van der Waals surface area contributed by atoms with Crippen LogP contribution in [-0.2, 0) is 0 Å². The van der Waals surface area contributed by atoms with E-state index in [1.165, 1.54) is 6.07 Å². The van der Waals surface area contributed by atoms with Crippen LogP contribution >= 0.6 is 11.6 Å². The Morgan fingerprint density at radius 1 is 1.17 bits per heavy atom. The van der Waals surface area contributed by atoms with E-state index < -0.39 is 11.7 Å². The van der Waals surface area contributed by atoms with Gasteiger partial charge in [0.2, 0.25) is 0 Å². The molecule has 18 heavy (non-hydrogen) atoms. The molecule has 0 atom stereocenters. The third-order valence-corrected chi connectivity index (χ3v) is 2.79. The number of carbonyl (C=O) groups is 1. The van der Waals surface area contributed by atoms with Gasteiger partial charge in [0.25, 0.3) is 5.91 Å². The average molecular weight is 264 g/mol. The summed E-state index contributed by atoms with van der Waals surface area (Å²) < 4.78 is 13.7. The van der Waals surface area contributed by atoms with Gasteiger partial charge in [-0.3, -0.25) is 4.79 Å². The first-order valence-electron chi connectivity index (χ1n) is 5.40. The summed E-state index contributed by atoms with van der Waals surface area (Å²) in [5, 5.41) is 3.19. The zero-order valence-electron chi connectivity index (χ0n) is 9.71. The van der Waals surface area contributed by atoms with Crippen molar-refractivity contribution in [2.75, 3.05) is 5.32 Å². The van der Waals surface area contributed by atoms with Gasteiger partial charge in [-0.05, 0) is 42.8 Å². The maximum Gasteiger partial charge on any atom is 0.258 e. The number of halogens is 2. The minimum atomic E-state index is -0.496. The minimum Gasteiger partial charge on any atom is -0.322 e. The molecule has 0 saturated heterocycles. The van der Waals surface area contributed by atoms with Crippen LogP contribution in [0.3, 0.4) is 0 Å². The molecule has 4 heteroatoms. The van der Waals surface area contributed by atoms with Gasteiger partial charge in [0, 0.05) is 10.7 Å². The Morgan fingerprint density at radius 2 is 1.83 bits per heavy atom. The molecule has 2 aromatic carbocycles. The molecule has 2 aromatic rings. The highest BCUT2D eigenvalue weighted by atomic mass is 35.5. The third kappa shape index (κ3) is 2.68. The fourth-order valence-electron chi connectivity index (χ4n) is 1.55. The van der Waals surface area contributed by atoms with Crippen LogP contribution in [0.25, 0.3) is 0 Å². The topological polar surface area (TPSA) is 29.1 Å². The molecule has 1 amide bonds. The molecule has 2 nitrogen and oxygen atoms in total. The van der Waals surface area contributed by atoms with Crippen LogP contribution in [0.1, 0.15) is 15.9 Å². The quantitative estimate of drug-likeness (QED) is 0.870. The smallest absolute Gasteiger partial charge is 0.258 e. The van der Waals surface area contributed by atoms with Gasteiger partial charge < -0.3 is 5.32 Å². The molecule has 1 N–H and O–H groups in total. The highest BCUT2D eigenvalue weighted by molar-refractivity contribution is 6.30. The van der Waals surface area contributed by atoms with E-state index in [0.29, 0.717) is 16.3 Å². The van der Waals surface area contributed by atoms with Crippen LogP contribution in [0.4, 0.5) is 10.1 Å². The Kier molecular flexibility index (Phi) is 3.63. The Bertz CT molecular complexity index is 581. The number of hydrogen-bond donors (Lipinski definition) is 1. The number of hydrogen-bond acceptors (Lipinski definition) is 1. The second-order valence-corrected chi connectivity index (χ2v) is 4.33. The molecule has 0 heterocycles. The molecule has 0 aromatic heterocycles. The van der Waals surface area contributed by atoms with E-state index in [1.54, 1.807) is 43.3 Å². The van der Waals surface area contributed by atoms with E-state index in [4.69, 9.17) is 11.6 Å². The summed E-state index contributed by atoms with van der Waals surface area (Å²) in [6, 6.07) is 11.4. The number of carbonyl (C=O) groups excluding carboxylic acids is 1. The van der Waals surface area contributed by atoms with E-state index in [1.807, 2.05) is 0 Å². The maximum absolute atomic E-state index is 13.7. The number of rotatable bonds is 2. The molecule has 0 aliphatic carbocycles. The van der Waals surface area contributed by atoms with Crippen molar-refractivity contribution in [3.8, 4) is 0 Å². The second-order valence-electron chi connectivity index (χ2n) is 3.90. The highest BCUT2D eigenvalue weighted by Gasteiger charge is 2.12. The van der Waals surface area contributed by atoms with Crippen LogP contribution in [0.5, 0.6) is 0 Å². The van der Waals surface area contributed by atoms with Crippen molar-refractivity contribution in [1.29, 1.82) is 0 Å². The average Bonchev–Trinajstić information content (AvgIpc) is 2.35. The van der Waals surface area contributed by atoms with Gasteiger partial charge in [0.05, 0.1) is 5.56 Å². The lowest BCUT2D eigenvalue weighted by atomic mass is 10.1. The van der Waals surface area contributed by atoms with Gasteiger partial charge in [0.1, 0.15) is 5.82 Å². The Labute approximate surface area is 109 Å². The number of benzene rings is 2. The summed E-state index contributed by atoms with van der Waals surface area (Å²) in [7, 11) is 0. The fourth-order valence-corrected chi connectivity index (χ4v) is 1.68. The lowest BCUT2D eigenvalue weighted by molar-refractivity contribution is 0.102. The maximum atomic E-state index is 13.7. The Hall–Kier alpha value is -1.87. The molecule has 0 spiro atoms. The Morgan fingerprint density at radius 3 is 2.50 bits per heavy atom. The molecule has 0 saturated carbocycles. The van der Waals surface area contributed by atoms with E-state index in [0.717, 1.165) is 0 Å². The van der Waals surface area contributed by atoms with Crippen LogP contribution in [0.2, 0.25) is 5.02 Å². The predicted octanol–water partition coefficient (Wildman–Crippen LogP) is 4.04. The summed E-state index contributed by atoms with van der Waals surface area (Å²) in [6.07, 6.45) is 0. The molecule has 0 aliphatic heterocycles. The van der Waals surface area contributed by atoms with Crippen molar-refractivity contribution in [2.24, 2.45) is 0 Å². The molecule has 0 aliphatic rings. The van der Waals surface area contributed by atoms with E-state index >= 15 is 0 Å². The summed E-state index contributed by atoms with van der Waals surface area (Å²) in [4.78, 5) is 11.9. The van der Waals surface area contributed by atoms with Gasteiger partial charge in [-0.1, -0.05) is 23.7 Å². The predicted molar refractivity (Wildman–Crippen MR) is 70.5 cm³/mol. The third-order valence-electron chi connectivity index (χ3n) is 2.54. The van der Waals surface area contributed by atoms with Gasteiger partial charge in [-0.25, -0.2) is 4.39 Å². The first-order chi connectivity index (χ1) is 8.58. The fraction of sp³-hybridized carbons (Fsp3) is 0.0714. The van der Waals surface area contributed by atoms with Crippen molar-refractivity contribution in [1.82, 2.24) is 0 Å². The number of aryl methyl sites for hydroxylation is 1.